The molecule has 7 nitrogen and oxygen atoms in total. The fourth-order valence-corrected chi connectivity index (χ4v) is 3.72. The van der Waals surface area contributed by atoms with Gasteiger partial charge in [0.1, 0.15) is 12.4 Å². The Morgan fingerprint density at radius 1 is 1.00 bits per heavy atom. The average Bonchev–Trinajstić information content (AvgIpc) is 3.07. The highest BCUT2D eigenvalue weighted by molar-refractivity contribution is 6.32. The molecule has 2 amide bonds. The first-order valence-corrected chi connectivity index (χ1v) is 10.9. The molecule has 3 aromatic carbocycles. The van der Waals surface area contributed by atoms with E-state index in [2.05, 4.69) is 5.32 Å². The second-order valence-corrected chi connectivity index (χ2v) is 7.89. The monoisotopic (exact) mass is 466 g/mol. The first-order valence-electron chi connectivity index (χ1n) is 10.5. The summed E-state index contributed by atoms with van der Waals surface area (Å²) >= 11 is 6.33. The Morgan fingerprint density at radius 2 is 1.82 bits per heavy atom. The number of hydrogen-bond donors (Lipinski definition) is 2. The van der Waals surface area contributed by atoms with Crippen molar-refractivity contribution in [1.29, 1.82) is 0 Å². The van der Waals surface area contributed by atoms with Gasteiger partial charge < -0.3 is 25.3 Å². The van der Waals surface area contributed by atoms with Crippen molar-refractivity contribution in [3.8, 4) is 17.2 Å². The molecule has 0 atom stereocenters. The van der Waals surface area contributed by atoms with E-state index in [1.807, 2.05) is 12.1 Å². The topological polar surface area (TPSA) is 99.9 Å². The Hall–Kier alpha value is -3.71. The Bertz CT molecular complexity index is 1180. The molecule has 1 aliphatic rings. The van der Waals surface area contributed by atoms with E-state index in [4.69, 9.17) is 31.5 Å². The summed E-state index contributed by atoms with van der Waals surface area (Å²) in [5.74, 6) is 0.715. The van der Waals surface area contributed by atoms with E-state index in [9.17, 15) is 9.59 Å². The van der Waals surface area contributed by atoms with Crippen molar-refractivity contribution in [2.24, 2.45) is 5.73 Å². The summed E-state index contributed by atoms with van der Waals surface area (Å²) in [6.45, 7) is 1.57. The van der Waals surface area contributed by atoms with Crippen molar-refractivity contribution in [1.82, 2.24) is 5.32 Å². The van der Waals surface area contributed by atoms with E-state index in [0.717, 1.165) is 17.5 Å². The summed E-state index contributed by atoms with van der Waals surface area (Å²) in [6, 6.07) is 17.4. The minimum Gasteiger partial charge on any atom is -0.489 e. The number of hydrogen-bond acceptors (Lipinski definition) is 5. The van der Waals surface area contributed by atoms with Crippen LogP contribution in [0.3, 0.4) is 0 Å². The van der Waals surface area contributed by atoms with Crippen molar-refractivity contribution in [2.45, 2.75) is 19.6 Å². The van der Waals surface area contributed by atoms with Crippen molar-refractivity contribution in [3.63, 3.8) is 0 Å². The van der Waals surface area contributed by atoms with Gasteiger partial charge in [0.05, 0.1) is 23.8 Å². The SMILES string of the molecule is NC(=O)c1ccccc1OCc1cccc(C(=O)NCc2cc(Cl)c3c(c2)OCCCO3)c1. The largest absolute Gasteiger partial charge is 0.489 e. The summed E-state index contributed by atoms with van der Waals surface area (Å²) in [6.07, 6.45) is 0.783. The summed E-state index contributed by atoms with van der Waals surface area (Å²) in [4.78, 5) is 24.3. The molecule has 8 heteroatoms. The predicted molar refractivity (Wildman–Crippen MR) is 124 cm³/mol. The van der Waals surface area contributed by atoms with Crippen molar-refractivity contribution >= 4 is 23.4 Å². The van der Waals surface area contributed by atoms with Gasteiger partial charge in [0.15, 0.2) is 11.5 Å². The van der Waals surface area contributed by atoms with Crippen molar-refractivity contribution in [3.05, 3.63) is 87.9 Å². The Morgan fingerprint density at radius 3 is 2.67 bits per heavy atom. The number of amides is 2. The lowest BCUT2D eigenvalue weighted by Crippen LogP contribution is -2.23. The molecule has 3 aromatic rings. The minimum atomic E-state index is -0.561. The molecule has 0 aliphatic carbocycles. The van der Waals surface area contributed by atoms with E-state index in [1.165, 1.54) is 0 Å². The maximum atomic E-state index is 12.7. The molecule has 0 fully saturated rings. The number of ether oxygens (including phenoxy) is 3. The maximum Gasteiger partial charge on any atom is 0.252 e. The number of benzene rings is 3. The highest BCUT2D eigenvalue weighted by atomic mass is 35.5. The van der Waals surface area contributed by atoms with Crippen LogP contribution in [-0.2, 0) is 13.2 Å². The second-order valence-electron chi connectivity index (χ2n) is 7.49. The molecular weight excluding hydrogens is 444 g/mol. The molecule has 0 saturated carbocycles. The zero-order chi connectivity index (χ0) is 23.2. The number of fused-ring (bicyclic) bond motifs is 1. The van der Waals surface area contributed by atoms with Gasteiger partial charge in [-0.05, 0) is 47.5 Å². The molecule has 0 unspecified atom stereocenters. The highest BCUT2D eigenvalue weighted by Gasteiger charge is 2.16. The van der Waals surface area contributed by atoms with Gasteiger partial charge >= 0.3 is 0 Å². The number of nitrogens with one attached hydrogen (secondary N) is 1. The lowest BCUT2D eigenvalue weighted by atomic mass is 10.1. The zero-order valence-corrected chi connectivity index (χ0v) is 18.6. The summed E-state index contributed by atoms with van der Waals surface area (Å²) in [7, 11) is 0. The molecular formula is C25H23ClN2O5. The smallest absolute Gasteiger partial charge is 0.252 e. The van der Waals surface area contributed by atoms with Crippen LogP contribution < -0.4 is 25.3 Å². The van der Waals surface area contributed by atoms with Gasteiger partial charge in [0.25, 0.3) is 11.8 Å². The fourth-order valence-electron chi connectivity index (χ4n) is 3.43. The lowest BCUT2D eigenvalue weighted by molar-refractivity contribution is 0.0949. The van der Waals surface area contributed by atoms with Crippen LogP contribution in [0.5, 0.6) is 17.2 Å². The van der Waals surface area contributed by atoms with E-state index in [-0.39, 0.29) is 19.1 Å². The molecule has 33 heavy (non-hydrogen) atoms. The summed E-state index contributed by atoms with van der Waals surface area (Å²) < 4.78 is 17.1. The van der Waals surface area contributed by atoms with E-state index in [1.54, 1.807) is 48.5 Å². The van der Waals surface area contributed by atoms with Crippen LogP contribution in [0.15, 0.2) is 60.7 Å². The number of halogens is 1. The van der Waals surface area contributed by atoms with Gasteiger partial charge in [-0.1, -0.05) is 35.9 Å². The van der Waals surface area contributed by atoms with Gasteiger partial charge in [-0.15, -0.1) is 0 Å². The molecule has 0 saturated heterocycles. The van der Waals surface area contributed by atoms with Gasteiger partial charge in [0, 0.05) is 18.5 Å². The van der Waals surface area contributed by atoms with Crippen LogP contribution in [0.25, 0.3) is 0 Å². The van der Waals surface area contributed by atoms with Gasteiger partial charge in [-0.2, -0.15) is 0 Å². The molecule has 170 valence electrons. The number of carbonyl (C=O) groups is 2. The first kappa shape index (κ1) is 22.5. The number of carbonyl (C=O) groups excluding carboxylic acids is 2. The Kier molecular flexibility index (Phi) is 7.00. The normalized spacial score (nSPS) is 12.5. The van der Waals surface area contributed by atoms with Crippen LogP contribution in [0.1, 0.15) is 38.3 Å². The second kappa shape index (κ2) is 10.3. The Labute approximate surface area is 196 Å². The van der Waals surface area contributed by atoms with Crippen molar-refractivity contribution < 1.29 is 23.8 Å². The number of rotatable bonds is 7. The molecule has 0 bridgehead atoms. The summed E-state index contributed by atoms with van der Waals surface area (Å²) in [5.41, 5.74) is 7.76. The van der Waals surface area contributed by atoms with Gasteiger partial charge in [0.2, 0.25) is 0 Å². The van der Waals surface area contributed by atoms with Gasteiger partial charge in [-0.3, -0.25) is 9.59 Å². The van der Waals surface area contributed by atoms with Gasteiger partial charge in [-0.25, -0.2) is 0 Å². The van der Waals surface area contributed by atoms with Crippen LogP contribution >= 0.6 is 11.6 Å². The lowest BCUT2D eigenvalue weighted by Gasteiger charge is -2.13. The zero-order valence-electron chi connectivity index (χ0n) is 17.8. The Balaban J connectivity index is 1.40. The van der Waals surface area contributed by atoms with E-state index in [0.29, 0.717) is 46.6 Å². The molecule has 0 aromatic heterocycles. The highest BCUT2D eigenvalue weighted by Crippen LogP contribution is 2.38. The molecule has 3 N–H and O–H groups in total. The number of primary amides is 1. The summed E-state index contributed by atoms with van der Waals surface area (Å²) in [5, 5.41) is 3.35. The van der Waals surface area contributed by atoms with Crippen molar-refractivity contribution in [2.75, 3.05) is 13.2 Å². The third-order valence-electron chi connectivity index (χ3n) is 5.05. The van der Waals surface area contributed by atoms with Crippen LogP contribution in [0.4, 0.5) is 0 Å². The van der Waals surface area contributed by atoms with Crippen LogP contribution in [0, 0.1) is 0 Å². The van der Waals surface area contributed by atoms with E-state index < -0.39 is 5.91 Å². The first-order chi connectivity index (χ1) is 16.0. The molecule has 0 spiro atoms. The molecule has 1 heterocycles. The fraction of sp³-hybridized carbons (Fsp3) is 0.200. The van der Waals surface area contributed by atoms with E-state index >= 15 is 0 Å². The number of para-hydroxylation sites is 1. The average molecular weight is 467 g/mol. The predicted octanol–water partition coefficient (Wildman–Crippen LogP) is 4.11. The third kappa shape index (κ3) is 5.56. The third-order valence-corrected chi connectivity index (χ3v) is 5.33. The minimum absolute atomic E-state index is 0.184. The van der Waals surface area contributed by atoms with Crippen LogP contribution in [-0.4, -0.2) is 25.0 Å². The molecule has 0 radical (unpaired) electrons. The van der Waals surface area contributed by atoms with Crippen LogP contribution in [0.2, 0.25) is 5.02 Å². The molecule has 4 rings (SSSR count). The number of nitrogens with two attached hydrogens (primary N) is 1. The molecule has 1 aliphatic heterocycles. The quantitative estimate of drug-likeness (QED) is 0.546. The maximum absolute atomic E-state index is 12.7. The standard InChI is InChI=1S/C25H23ClN2O5/c26-20-12-17(13-22-23(20)32-10-4-9-31-22)14-28-25(30)18-6-3-5-16(11-18)15-33-21-8-2-1-7-19(21)24(27)29/h1-3,5-8,11-13H,4,9-10,14-15H2,(H2,27,29)(H,28,30).